The molecule has 1 aliphatic heterocycles. The molecule has 2 rings (SSSR count). The van der Waals surface area contributed by atoms with Crippen LogP contribution < -0.4 is 4.74 Å². The van der Waals surface area contributed by atoms with Crippen LogP contribution in [-0.4, -0.2) is 34.5 Å². The second kappa shape index (κ2) is 6.40. The van der Waals surface area contributed by atoms with Gasteiger partial charge in [-0.3, -0.25) is 14.4 Å². The van der Waals surface area contributed by atoms with E-state index in [0.29, 0.717) is 11.3 Å². The molecule has 6 nitrogen and oxygen atoms in total. The van der Waals surface area contributed by atoms with Crippen molar-refractivity contribution in [2.45, 2.75) is 39.5 Å². The summed E-state index contributed by atoms with van der Waals surface area (Å²) in [5.74, 6) is -1.73. The van der Waals surface area contributed by atoms with Crippen molar-refractivity contribution >= 4 is 17.7 Å². The van der Waals surface area contributed by atoms with Gasteiger partial charge in [0.1, 0.15) is 12.4 Å². The number of ether oxygens (including phenoxy) is 1. The maximum Gasteiger partial charge on any atom is 0.303 e. The Hall–Kier alpha value is -2.37. The summed E-state index contributed by atoms with van der Waals surface area (Å²) >= 11 is 0. The number of rotatable bonds is 6. The number of benzene rings is 1. The number of hydrogen-bond acceptors (Lipinski definition) is 4. The van der Waals surface area contributed by atoms with Gasteiger partial charge >= 0.3 is 11.9 Å². The lowest BCUT2D eigenvalue weighted by atomic mass is 9.72. The van der Waals surface area contributed by atoms with Gasteiger partial charge in [-0.1, -0.05) is 6.07 Å². The van der Waals surface area contributed by atoms with Crippen LogP contribution >= 0.6 is 0 Å². The minimum Gasteiger partial charge on any atom is -0.491 e. The Morgan fingerprint density at radius 2 is 1.70 bits per heavy atom. The molecule has 0 aromatic heterocycles. The van der Waals surface area contributed by atoms with E-state index in [4.69, 9.17) is 14.9 Å². The molecular formula is C17H20O6. The van der Waals surface area contributed by atoms with Crippen LogP contribution in [0.3, 0.4) is 0 Å². The van der Waals surface area contributed by atoms with Crippen LogP contribution in [0.2, 0.25) is 0 Å². The molecule has 0 saturated heterocycles. The number of carboxylic acids is 2. The largest absolute Gasteiger partial charge is 0.491 e. The molecule has 1 aliphatic rings. The summed E-state index contributed by atoms with van der Waals surface area (Å²) in [5, 5.41) is 17.9. The number of carbonyl (C=O) groups is 3. The smallest absolute Gasteiger partial charge is 0.303 e. The van der Waals surface area contributed by atoms with Crippen molar-refractivity contribution in [3.05, 3.63) is 28.8 Å². The van der Waals surface area contributed by atoms with Gasteiger partial charge in [0.25, 0.3) is 0 Å². The van der Waals surface area contributed by atoms with E-state index < -0.39 is 17.4 Å². The lowest BCUT2D eigenvalue weighted by Crippen LogP contribution is -2.42. The van der Waals surface area contributed by atoms with E-state index in [1.54, 1.807) is 6.07 Å². The average molecular weight is 320 g/mol. The normalized spacial score (nSPS) is 15.7. The van der Waals surface area contributed by atoms with Crippen LogP contribution in [0.1, 0.15) is 47.2 Å². The van der Waals surface area contributed by atoms with Crippen LogP contribution in [0.4, 0.5) is 0 Å². The van der Waals surface area contributed by atoms with Crippen molar-refractivity contribution < 1.29 is 29.3 Å². The highest BCUT2D eigenvalue weighted by Crippen LogP contribution is 2.42. The first kappa shape index (κ1) is 17.0. The number of aliphatic carboxylic acids is 2. The average Bonchev–Trinajstić information content (AvgIpc) is 2.46. The molecule has 2 N–H and O–H groups in total. The fourth-order valence-electron chi connectivity index (χ4n) is 3.06. The SMILES string of the molecule is Cc1cc(C)c2c(c1)C(=O)C(CCC(=O)O)(CCC(=O)O)CO2. The molecule has 0 spiro atoms. The summed E-state index contributed by atoms with van der Waals surface area (Å²) in [6, 6.07) is 3.63. The zero-order valence-electron chi connectivity index (χ0n) is 13.2. The van der Waals surface area contributed by atoms with Gasteiger partial charge in [0.15, 0.2) is 5.78 Å². The quantitative estimate of drug-likeness (QED) is 0.835. The lowest BCUT2D eigenvalue weighted by Gasteiger charge is -2.36. The Morgan fingerprint density at radius 1 is 1.13 bits per heavy atom. The predicted molar refractivity (Wildman–Crippen MR) is 81.9 cm³/mol. The van der Waals surface area contributed by atoms with E-state index in [-0.39, 0.29) is 38.1 Å². The van der Waals surface area contributed by atoms with Crippen molar-refractivity contribution in [2.24, 2.45) is 5.41 Å². The highest BCUT2D eigenvalue weighted by atomic mass is 16.5. The third-order valence-electron chi connectivity index (χ3n) is 4.27. The van der Waals surface area contributed by atoms with Crippen LogP contribution in [0.25, 0.3) is 0 Å². The Kier molecular flexibility index (Phi) is 4.73. The number of hydrogen-bond donors (Lipinski definition) is 2. The minimum atomic E-state index is -1.09. The van der Waals surface area contributed by atoms with Crippen molar-refractivity contribution in [3.63, 3.8) is 0 Å². The molecule has 1 heterocycles. The molecule has 0 atom stereocenters. The van der Waals surface area contributed by atoms with Crippen LogP contribution in [0, 0.1) is 19.3 Å². The van der Waals surface area contributed by atoms with Crippen molar-refractivity contribution in [2.75, 3.05) is 6.61 Å². The molecule has 0 bridgehead atoms. The van der Waals surface area contributed by atoms with Gasteiger partial charge in [-0.25, -0.2) is 0 Å². The number of carbonyl (C=O) groups excluding carboxylic acids is 1. The highest BCUT2D eigenvalue weighted by molar-refractivity contribution is 6.04. The number of aryl methyl sites for hydroxylation is 2. The van der Waals surface area contributed by atoms with Gasteiger partial charge in [0.05, 0.1) is 11.0 Å². The molecule has 1 aromatic rings. The molecule has 23 heavy (non-hydrogen) atoms. The maximum atomic E-state index is 13.0. The van der Waals surface area contributed by atoms with Gasteiger partial charge in [-0.05, 0) is 43.9 Å². The molecular weight excluding hydrogens is 300 g/mol. The van der Waals surface area contributed by atoms with E-state index >= 15 is 0 Å². The molecule has 6 heteroatoms. The van der Waals surface area contributed by atoms with Gasteiger partial charge < -0.3 is 14.9 Å². The Labute approximate surface area is 134 Å². The standard InChI is InChI=1S/C17H20O6/c1-10-7-11(2)15-12(8-10)16(22)17(9-23-15,5-3-13(18)19)6-4-14(20)21/h7-8H,3-6,9H2,1-2H3,(H,18,19)(H,20,21). The van der Waals surface area contributed by atoms with Crippen LogP contribution in [0.5, 0.6) is 5.75 Å². The zero-order valence-corrected chi connectivity index (χ0v) is 13.2. The van der Waals surface area contributed by atoms with Gasteiger partial charge in [-0.2, -0.15) is 0 Å². The first-order valence-electron chi connectivity index (χ1n) is 7.47. The first-order chi connectivity index (χ1) is 10.7. The molecule has 1 aromatic carbocycles. The number of Topliss-reactive ketones (excluding diaryl/α,β-unsaturated/α-hetero) is 1. The fraction of sp³-hybridized carbons (Fsp3) is 0.471. The zero-order chi connectivity index (χ0) is 17.2. The maximum absolute atomic E-state index is 13.0. The van der Waals surface area contributed by atoms with E-state index in [0.717, 1.165) is 11.1 Å². The summed E-state index contributed by atoms with van der Waals surface area (Å²) in [6.07, 6.45) is -0.258. The van der Waals surface area contributed by atoms with Crippen LogP contribution in [0.15, 0.2) is 12.1 Å². The first-order valence-corrected chi connectivity index (χ1v) is 7.47. The number of carboxylic acid groups (broad SMARTS) is 2. The fourth-order valence-corrected chi connectivity index (χ4v) is 3.06. The molecule has 0 aliphatic carbocycles. The van der Waals surface area contributed by atoms with Crippen molar-refractivity contribution in [3.8, 4) is 5.75 Å². The third-order valence-corrected chi connectivity index (χ3v) is 4.27. The second-order valence-corrected chi connectivity index (χ2v) is 6.14. The lowest BCUT2D eigenvalue weighted by molar-refractivity contribution is -0.137. The minimum absolute atomic E-state index is 0.0172. The molecule has 0 amide bonds. The number of ketones is 1. The third kappa shape index (κ3) is 3.52. The summed E-state index contributed by atoms with van der Waals surface area (Å²) in [5.41, 5.74) is 1.08. The molecule has 0 saturated carbocycles. The summed E-state index contributed by atoms with van der Waals surface area (Å²) in [7, 11) is 0. The van der Waals surface area contributed by atoms with Crippen molar-refractivity contribution in [1.82, 2.24) is 0 Å². The molecule has 0 unspecified atom stereocenters. The molecule has 0 fully saturated rings. The van der Waals surface area contributed by atoms with Crippen molar-refractivity contribution in [1.29, 1.82) is 0 Å². The van der Waals surface area contributed by atoms with Crippen LogP contribution in [-0.2, 0) is 9.59 Å². The summed E-state index contributed by atoms with van der Waals surface area (Å²) < 4.78 is 5.75. The Bertz CT molecular complexity index is 643. The number of fused-ring (bicyclic) bond motifs is 1. The van der Waals surface area contributed by atoms with E-state index in [2.05, 4.69) is 0 Å². The molecule has 124 valence electrons. The Morgan fingerprint density at radius 3 is 2.22 bits per heavy atom. The van der Waals surface area contributed by atoms with Gasteiger partial charge in [0, 0.05) is 12.8 Å². The Balaban J connectivity index is 2.40. The predicted octanol–water partition coefficient (Wildman–Crippen LogP) is 2.59. The van der Waals surface area contributed by atoms with Gasteiger partial charge in [-0.15, -0.1) is 0 Å². The van der Waals surface area contributed by atoms with Gasteiger partial charge in [0.2, 0.25) is 0 Å². The van der Waals surface area contributed by atoms with E-state index in [1.807, 2.05) is 19.9 Å². The summed E-state index contributed by atoms with van der Waals surface area (Å²) in [4.78, 5) is 34.8. The molecule has 0 radical (unpaired) electrons. The van der Waals surface area contributed by atoms with E-state index in [1.165, 1.54) is 0 Å². The highest BCUT2D eigenvalue weighted by Gasteiger charge is 2.44. The summed E-state index contributed by atoms with van der Waals surface area (Å²) in [6.45, 7) is 3.73. The van der Waals surface area contributed by atoms with E-state index in [9.17, 15) is 14.4 Å². The topological polar surface area (TPSA) is 101 Å². The second-order valence-electron chi connectivity index (χ2n) is 6.14. The monoisotopic (exact) mass is 320 g/mol.